The Bertz CT molecular complexity index is 1290. The Morgan fingerprint density at radius 2 is 1.89 bits per heavy atom. The SMILES string of the molecule is CC1=C[C@H]2C(=O)O[C@H]3C[C@@H](C/C=C(\C)C[C@@H](C)/C=C/C=C4\CO[C@H]([C@@H]1O)[C@@]42O)OC1(CC(=O)[C@H](C)[C@@H](/C(C)=C/C(C)C)O1)C3. The average Bonchev–Trinajstić information content (AvgIpc) is 3.27. The number of hydrogen-bond acceptors (Lipinski definition) is 8. The Morgan fingerprint density at radius 3 is 2.61 bits per heavy atom. The maximum atomic E-state index is 14.0. The van der Waals surface area contributed by atoms with E-state index in [9.17, 15) is 19.8 Å². The molecule has 8 nitrogen and oxygen atoms in total. The van der Waals surface area contributed by atoms with Crippen molar-refractivity contribution in [3.8, 4) is 0 Å². The first-order chi connectivity index (χ1) is 20.7. The van der Waals surface area contributed by atoms with Gasteiger partial charge >= 0.3 is 5.97 Å². The minimum atomic E-state index is -1.75. The van der Waals surface area contributed by atoms with E-state index in [1.165, 1.54) is 5.57 Å². The van der Waals surface area contributed by atoms with E-state index in [0.29, 0.717) is 29.9 Å². The van der Waals surface area contributed by atoms with Gasteiger partial charge in [-0.1, -0.05) is 69.7 Å². The van der Waals surface area contributed by atoms with Gasteiger partial charge in [-0.3, -0.25) is 9.59 Å². The number of esters is 1. The molecule has 2 N–H and O–H groups in total. The third-order valence-corrected chi connectivity index (χ3v) is 9.91. The molecule has 1 unspecified atom stereocenters. The van der Waals surface area contributed by atoms with Crippen molar-refractivity contribution in [2.45, 2.75) is 122 Å². The van der Waals surface area contributed by atoms with Crippen LogP contribution in [0.4, 0.5) is 0 Å². The van der Waals surface area contributed by atoms with Crippen LogP contribution in [0.5, 0.6) is 0 Å². The monoisotopic (exact) mass is 610 g/mol. The number of allylic oxidation sites excluding steroid dienone is 5. The fourth-order valence-electron chi connectivity index (χ4n) is 7.69. The van der Waals surface area contributed by atoms with E-state index < -0.39 is 47.7 Å². The zero-order valence-electron chi connectivity index (χ0n) is 27.2. The maximum Gasteiger partial charge on any atom is 0.316 e. The summed E-state index contributed by atoms with van der Waals surface area (Å²) in [4.78, 5) is 27.5. The van der Waals surface area contributed by atoms with E-state index in [2.05, 4.69) is 45.9 Å². The van der Waals surface area contributed by atoms with Gasteiger partial charge in [0.1, 0.15) is 35.6 Å². The predicted octanol–water partition coefficient (Wildman–Crippen LogP) is 5.30. The molecule has 4 heterocycles. The van der Waals surface area contributed by atoms with Crippen LogP contribution in [0.3, 0.4) is 0 Å². The molecule has 0 aromatic rings. The molecular formula is C36H50O8. The van der Waals surface area contributed by atoms with Crippen molar-refractivity contribution >= 4 is 11.8 Å². The topological polar surface area (TPSA) is 112 Å². The van der Waals surface area contributed by atoms with Gasteiger partial charge in [0, 0.05) is 18.8 Å². The molecule has 8 heteroatoms. The van der Waals surface area contributed by atoms with Crippen LogP contribution in [0.1, 0.15) is 80.6 Å². The minimum absolute atomic E-state index is 0.0628. The van der Waals surface area contributed by atoms with Gasteiger partial charge in [0.2, 0.25) is 0 Å². The van der Waals surface area contributed by atoms with Gasteiger partial charge in [-0.05, 0) is 62.2 Å². The second-order valence-corrected chi connectivity index (χ2v) is 14.2. The quantitative estimate of drug-likeness (QED) is 0.320. The highest BCUT2D eigenvalue weighted by Gasteiger charge is 2.60. The van der Waals surface area contributed by atoms with E-state index in [1.807, 2.05) is 19.9 Å². The number of hydrogen-bond donors (Lipinski definition) is 2. The smallest absolute Gasteiger partial charge is 0.316 e. The fraction of sp³-hybridized carbons (Fsp3) is 0.667. The van der Waals surface area contributed by atoms with E-state index in [1.54, 1.807) is 19.1 Å². The lowest BCUT2D eigenvalue weighted by molar-refractivity contribution is -0.319. The van der Waals surface area contributed by atoms with Gasteiger partial charge < -0.3 is 29.2 Å². The molecule has 44 heavy (non-hydrogen) atoms. The second kappa shape index (κ2) is 12.8. The van der Waals surface area contributed by atoms with Gasteiger partial charge in [-0.15, -0.1) is 0 Å². The number of Topliss-reactive ketones (excluding diaryl/α,β-unsaturated/α-hetero) is 1. The minimum Gasteiger partial charge on any atom is -0.462 e. The summed E-state index contributed by atoms with van der Waals surface area (Å²) >= 11 is 0. The molecular weight excluding hydrogens is 560 g/mol. The number of rotatable bonds is 2. The number of carbonyl (C=O) groups is 2. The molecule has 1 aliphatic carbocycles. The molecule has 0 saturated carbocycles. The second-order valence-electron chi connectivity index (χ2n) is 14.2. The van der Waals surface area contributed by atoms with Crippen LogP contribution in [0.15, 0.2) is 58.7 Å². The van der Waals surface area contributed by atoms with Crippen molar-refractivity contribution in [2.24, 2.45) is 23.7 Å². The van der Waals surface area contributed by atoms with Crippen molar-refractivity contribution < 1.29 is 38.7 Å². The molecule has 3 saturated heterocycles. The normalized spacial score (nSPS) is 45.1. The van der Waals surface area contributed by atoms with Crippen LogP contribution in [-0.4, -0.2) is 70.5 Å². The standard InChI is InChI=1S/C36H50O8/c1-20(2)13-24(6)32-25(7)30(37)18-35(44-32)17-28-16-27(43-35)12-11-22(4)14-21(3)9-8-10-26-19-41-33-31(38)23(5)15-29(34(39)42-28)36(26,33)40/h8-11,13,15,20-21,25,27-29,31-33,38,40H,12,14,16-19H2,1-7H3/b9-8+,22-11+,24-13+,26-10+/t21-,25-,27+,28-,29-,31+,32+,33+,35?,36+/m0/s1. The number of aliphatic hydroxyl groups is 2. The van der Waals surface area contributed by atoms with Crippen LogP contribution >= 0.6 is 0 Å². The number of carbonyl (C=O) groups excluding carboxylic acids is 2. The van der Waals surface area contributed by atoms with Crippen molar-refractivity contribution in [3.63, 3.8) is 0 Å². The van der Waals surface area contributed by atoms with E-state index in [4.69, 9.17) is 18.9 Å². The van der Waals surface area contributed by atoms with Crippen LogP contribution in [0, 0.1) is 23.7 Å². The molecule has 5 aliphatic rings. The highest BCUT2D eigenvalue weighted by Crippen LogP contribution is 2.47. The summed E-state index contributed by atoms with van der Waals surface area (Å²) in [7, 11) is 0. The Labute approximate surface area is 261 Å². The first kappa shape index (κ1) is 33.0. The molecule has 5 rings (SSSR count). The van der Waals surface area contributed by atoms with E-state index in [-0.39, 0.29) is 43.2 Å². The zero-order chi connectivity index (χ0) is 32.0. The molecule has 0 radical (unpaired) electrons. The summed E-state index contributed by atoms with van der Waals surface area (Å²) in [5, 5.41) is 23.0. The molecule has 4 aliphatic heterocycles. The first-order valence-electron chi connectivity index (χ1n) is 16.2. The average molecular weight is 611 g/mol. The van der Waals surface area contributed by atoms with Gasteiger partial charge in [-0.25, -0.2) is 0 Å². The molecule has 10 atom stereocenters. The largest absolute Gasteiger partial charge is 0.462 e. The molecule has 0 aromatic heterocycles. The Hall–Kier alpha value is -2.36. The van der Waals surface area contributed by atoms with Crippen LogP contribution < -0.4 is 0 Å². The Balaban J connectivity index is 1.53. The summed E-state index contributed by atoms with van der Waals surface area (Å²) in [6.45, 7) is 14.1. The number of ketones is 1. The molecule has 2 bridgehead atoms. The lowest BCUT2D eigenvalue weighted by atomic mass is 9.71. The number of aliphatic hydroxyl groups excluding tert-OH is 1. The summed E-state index contributed by atoms with van der Waals surface area (Å²) in [6, 6.07) is 0. The Morgan fingerprint density at radius 1 is 1.14 bits per heavy atom. The first-order valence-corrected chi connectivity index (χ1v) is 16.2. The molecule has 242 valence electrons. The highest BCUT2D eigenvalue weighted by molar-refractivity contribution is 5.83. The molecule has 0 aromatic carbocycles. The van der Waals surface area contributed by atoms with Crippen molar-refractivity contribution in [2.75, 3.05) is 6.61 Å². The lowest BCUT2D eigenvalue weighted by Crippen LogP contribution is -2.59. The molecule has 0 amide bonds. The summed E-state index contributed by atoms with van der Waals surface area (Å²) < 4.78 is 25.5. The third-order valence-electron chi connectivity index (χ3n) is 9.91. The summed E-state index contributed by atoms with van der Waals surface area (Å²) in [5.41, 5.74) is 1.52. The number of ether oxygens (including phenoxy) is 4. The van der Waals surface area contributed by atoms with Gasteiger partial charge in [0.25, 0.3) is 0 Å². The van der Waals surface area contributed by atoms with Crippen molar-refractivity contribution in [1.82, 2.24) is 0 Å². The van der Waals surface area contributed by atoms with E-state index >= 15 is 0 Å². The van der Waals surface area contributed by atoms with Gasteiger partial charge in [-0.2, -0.15) is 0 Å². The van der Waals surface area contributed by atoms with Crippen LogP contribution in [0.2, 0.25) is 0 Å². The molecule has 1 spiro atoms. The summed E-state index contributed by atoms with van der Waals surface area (Å²) in [5.74, 6) is -2.63. The molecule has 3 fully saturated rings. The number of fused-ring (bicyclic) bond motifs is 2. The highest BCUT2D eigenvalue weighted by atomic mass is 16.7. The van der Waals surface area contributed by atoms with Crippen LogP contribution in [-0.2, 0) is 28.5 Å². The van der Waals surface area contributed by atoms with Crippen LogP contribution in [0.25, 0.3) is 0 Å². The van der Waals surface area contributed by atoms with Crippen molar-refractivity contribution in [3.05, 3.63) is 58.7 Å². The van der Waals surface area contributed by atoms with Crippen molar-refractivity contribution in [1.29, 1.82) is 0 Å². The fourth-order valence-corrected chi connectivity index (χ4v) is 7.69. The summed E-state index contributed by atoms with van der Waals surface area (Å²) in [6.07, 6.45) is 10.4. The van der Waals surface area contributed by atoms with Gasteiger partial charge in [0.05, 0.1) is 25.2 Å². The lowest BCUT2D eigenvalue weighted by Gasteiger charge is -2.49. The zero-order valence-corrected chi connectivity index (χ0v) is 27.2. The third kappa shape index (κ3) is 6.47. The van der Waals surface area contributed by atoms with E-state index in [0.717, 1.165) is 12.0 Å². The Kier molecular flexibility index (Phi) is 9.60. The van der Waals surface area contributed by atoms with Gasteiger partial charge in [0.15, 0.2) is 5.79 Å². The predicted molar refractivity (Wildman–Crippen MR) is 166 cm³/mol. The maximum absolute atomic E-state index is 14.0.